The van der Waals surface area contributed by atoms with Crippen molar-refractivity contribution >= 4 is 11.6 Å². The number of benzene rings is 3. The maximum Gasteiger partial charge on any atom is 0.255 e. The lowest BCUT2D eigenvalue weighted by molar-refractivity contribution is -0.253. The lowest BCUT2D eigenvalue weighted by atomic mass is 9.65. The number of aliphatic hydroxyl groups excluding tert-OH is 1. The van der Waals surface area contributed by atoms with Crippen LogP contribution in [0.5, 0.6) is 0 Å². The summed E-state index contributed by atoms with van der Waals surface area (Å²) in [6, 6.07) is 25.6. The molecule has 2 bridgehead atoms. The summed E-state index contributed by atoms with van der Waals surface area (Å²) in [4.78, 5) is 15.5. The molecule has 1 amide bonds. The molecule has 3 aromatic carbocycles. The molecule has 2 unspecified atom stereocenters. The molecule has 3 aliphatic rings. The molecular weight excluding hydrogens is 512 g/mol. The second-order valence-corrected chi connectivity index (χ2v) is 13.4. The maximum atomic E-state index is 12.8. The predicted molar refractivity (Wildman–Crippen MR) is 160 cm³/mol. The van der Waals surface area contributed by atoms with Gasteiger partial charge in [0.25, 0.3) is 5.91 Å². The third-order valence-electron chi connectivity index (χ3n) is 9.03. The number of nitrogens with zero attached hydrogens (tertiary/aromatic N) is 1. The quantitative estimate of drug-likeness (QED) is 0.333. The van der Waals surface area contributed by atoms with E-state index in [1.54, 1.807) is 12.1 Å². The minimum atomic E-state index is -0.557. The van der Waals surface area contributed by atoms with Gasteiger partial charge in [-0.3, -0.25) is 9.69 Å². The number of carbonyl (C=O) groups is 1. The van der Waals surface area contributed by atoms with Crippen molar-refractivity contribution in [1.82, 2.24) is 4.90 Å². The summed E-state index contributed by atoms with van der Waals surface area (Å²) in [5.41, 5.74) is 4.90. The molecule has 2 heterocycles. The van der Waals surface area contributed by atoms with Crippen LogP contribution in [-0.4, -0.2) is 41.1 Å². The van der Waals surface area contributed by atoms with Crippen LogP contribution in [0, 0.1) is 10.8 Å². The number of anilines is 1. The molecule has 216 valence electrons. The summed E-state index contributed by atoms with van der Waals surface area (Å²) in [6.07, 6.45) is 3.84. The van der Waals surface area contributed by atoms with E-state index in [0.29, 0.717) is 28.1 Å². The predicted octanol–water partition coefficient (Wildman–Crippen LogP) is 6.88. The fourth-order valence-electron chi connectivity index (χ4n) is 7.64. The lowest BCUT2D eigenvalue weighted by Gasteiger charge is -2.41. The normalized spacial score (nSPS) is 29.3. The Labute approximate surface area is 243 Å². The van der Waals surface area contributed by atoms with Gasteiger partial charge in [0.2, 0.25) is 0 Å². The number of hydrogen-bond donors (Lipinski definition) is 2. The average molecular weight is 555 g/mol. The Morgan fingerprint density at radius 2 is 1.73 bits per heavy atom. The van der Waals surface area contributed by atoms with E-state index >= 15 is 0 Å². The van der Waals surface area contributed by atoms with Crippen molar-refractivity contribution in [1.29, 1.82) is 0 Å². The van der Waals surface area contributed by atoms with Gasteiger partial charge in [-0.05, 0) is 65.5 Å². The molecule has 2 saturated heterocycles. The van der Waals surface area contributed by atoms with Crippen molar-refractivity contribution in [2.24, 2.45) is 10.8 Å². The third-order valence-corrected chi connectivity index (χ3v) is 9.03. The van der Waals surface area contributed by atoms with Crippen LogP contribution in [0.25, 0.3) is 0 Å². The average Bonchev–Trinajstić information content (AvgIpc) is 3.20. The molecule has 41 heavy (non-hydrogen) atoms. The van der Waals surface area contributed by atoms with Crippen LogP contribution in [0.1, 0.15) is 85.9 Å². The fourth-order valence-corrected chi connectivity index (χ4v) is 7.64. The number of aliphatic hydroxyl groups is 1. The molecule has 3 fully saturated rings. The summed E-state index contributed by atoms with van der Waals surface area (Å²) >= 11 is 0. The van der Waals surface area contributed by atoms with Gasteiger partial charge in [-0.2, -0.15) is 0 Å². The summed E-state index contributed by atoms with van der Waals surface area (Å²) in [5.74, 6) is -0.149. The summed E-state index contributed by atoms with van der Waals surface area (Å²) in [7, 11) is 0. The Bertz CT molecular complexity index is 1360. The highest BCUT2D eigenvalue weighted by molar-refractivity contribution is 6.04. The van der Waals surface area contributed by atoms with Crippen LogP contribution < -0.4 is 5.32 Å². The van der Waals surface area contributed by atoms with E-state index in [0.717, 1.165) is 36.2 Å². The number of nitrogens with one attached hydrogen (secondary N) is 1. The van der Waals surface area contributed by atoms with E-state index in [9.17, 15) is 9.90 Å². The second kappa shape index (κ2) is 11.3. The molecule has 6 rings (SSSR count). The number of amides is 1. The highest BCUT2D eigenvalue weighted by atomic mass is 16.7. The van der Waals surface area contributed by atoms with Crippen LogP contribution in [0.4, 0.5) is 5.69 Å². The molecule has 2 aliphatic heterocycles. The molecule has 1 saturated carbocycles. The van der Waals surface area contributed by atoms with Crippen molar-refractivity contribution in [3.05, 3.63) is 101 Å². The summed E-state index contributed by atoms with van der Waals surface area (Å²) < 4.78 is 13.3. The van der Waals surface area contributed by atoms with Gasteiger partial charge in [0.15, 0.2) is 6.29 Å². The van der Waals surface area contributed by atoms with E-state index in [2.05, 4.69) is 43.1 Å². The van der Waals surface area contributed by atoms with Gasteiger partial charge >= 0.3 is 0 Å². The number of ether oxygens (including phenoxy) is 2. The minimum Gasteiger partial charge on any atom is -0.392 e. The number of likely N-dealkylation sites (tertiary alicyclic amines) is 1. The zero-order valence-corrected chi connectivity index (χ0v) is 24.4. The van der Waals surface area contributed by atoms with Gasteiger partial charge < -0.3 is 19.9 Å². The van der Waals surface area contributed by atoms with Crippen LogP contribution in [0.3, 0.4) is 0 Å². The molecular formula is C35H42N2O4. The van der Waals surface area contributed by atoms with E-state index in [4.69, 9.17) is 9.47 Å². The van der Waals surface area contributed by atoms with Gasteiger partial charge in [-0.15, -0.1) is 0 Å². The van der Waals surface area contributed by atoms with Crippen LogP contribution in [0.2, 0.25) is 0 Å². The van der Waals surface area contributed by atoms with Crippen molar-refractivity contribution in [2.75, 3.05) is 18.4 Å². The molecule has 6 heteroatoms. The lowest BCUT2D eigenvalue weighted by Crippen LogP contribution is -2.42. The van der Waals surface area contributed by atoms with Gasteiger partial charge in [-0.1, -0.05) is 75.4 Å². The molecule has 0 radical (unpaired) electrons. The molecule has 3 aromatic rings. The largest absolute Gasteiger partial charge is 0.392 e. The molecule has 0 aromatic heterocycles. The number of carbonyl (C=O) groups excluding carboxylic acids is 1. The smallest absolute Gasteiger partial charge is 0.255 e. The number of hydrogen-bond acceptors (Lipinski definition) is 5. The molecule has 6 nitrogen and oxygen atoms in total. The first-order chi connectivity index (χ1) is 19.7. The monoisotopic (exact) mass is 554 g/mol. The van der Waals surface area contributed by atoms with Crippen molar-refractivity contribution in [2.45, 2.75) is 77.6 Å². The molecule has 1 aliphatic carbocycles. The highest BCUT2D eigenvalue weighted by Crippen LogP contribution is 2.53. The minimum absolute atomic E-state index is 0.00453. The Kier molecular flexibility index (Phi) is 7.77. The Morgan fingerprint density at radius 3 is 2.49 bits per heavy atom. The van der Waals surface area contributed by atoms with Crippen LogP contribution in [0.15, 0.2) is 78.9 Å². The highest BCUT2D eigenvalue weighted by Gasteiger charge is 2.50. The van der Waals surface area contributed by atoms with E-state index in [-0.39, 0.29) is 24.7 Å². The zero-order chi connectivity index (χ0) is 28.6. The molecule has 5 atom stereocenters. The Hall–Kier alpha value is -3.03. The second-order valence-electron chi connectivity index (χ2n) is 13.4. The SMILES string of the molecule is CC1(C)CC2CC(C)(CN2C[C@H]2C[C@@H](c3ccc(CO)cc3)O[C@@H](c3cccc(NC(=O)c4ccccc4)c3)O2)C1. The van der Waals surface area contributed by atoms with Gasteiger partial charge in [0.1, 0.15) is 0 Å². The van der Waals surface area contributed by atoms with E-state index < -0.39 is 6.29 Å². The van der Waals surface area contributed by atoms with Crippen LogP contribution >= 0.6 is 0 Å². The summed E-state index contributed by atoms with van der Waals surface area (Å²) in [6.45, 7) is 9.30. The van der Waals surface area contributed by atoms with Gasteiger partial charge in [-0.25, -0.2) is 0 Å². The van der Waals surface area contributed by atoms with Gasteiger partial charge in [0.05, 0.1) is 18.8 Å². The Balaban J connectivity index is 1.23. The number of fused-ring (bicyclic) bond motifs is 2. The topological polar surface area (TPSA) is 71.0 Å². The zero-order valence-electron chi connectivity index (χ0n) is 24.4. The summed E-state index contributed by atoms with van der Waals surface area (Å²) in [5, 5.41) is 12.6. The van der Waals surface area contributed by atoms with Crippen molar-refractivity contribution in [3.8, 4) is 0 Å². The van der Waals surface area contributed by atoms with Crippen molar-refractivity contribution < 1.29 is 19.4 Å². The first kappa shape index (κ1) is 28.1. The first-order valence-corrected chi connectivity index (χ1v) is 14.9. The first-order valence-electron chi connectivity index (χ1n) is 14.9. The molecule has 0 spiro atoms. The van der Waals surface area contributed by atoms with Gasteiger partial charge in [0, 0.05) is 42.4 Å². The Morgan fingerprint density at radius 1 is 0.951 bits per heavy atom. The fraction of sp³-hybridized carbons (Fsp3) is 0.457. The van der Waals surface area contributed by atoms with E-state index in [1.807, 2.05) is 54.6 Å². The third kappa shape index (κ3) is 6.41. The van der Waals surface area contributed by atoms with Crippen LogP contribution in [-0.2, 0) is 16.1 Å². The van der Waals surface area contributed by atoms with E-state index in [1.165, 1.54) is 19.3 Å². The van der Waals surface area contributed by atoms with Crippen molar-refractivity contribution in [3.63, 3.8) is 0 Å². The maximum absolute atomic E-state index is 12.8. The standard InChI is InChI=1S/C35H42N2O4/c1-34(2)18-29-19-35(3,22-34)23-37(29)20-30-17-31(25-14-12-24(21-38)13-15-25)41-33(40-30)27-10-7-11-28(16-27)36-32(39)26-8-5-4-6-9-26/h4-16,29-31,33,38H,17-23H2,1-3H3,(H,36,39)/t29?,30-,31+,33+,35?/m1/s1. The molecule has 2 N–H and O–H groups in total. The number of rotatable bonds is 7.